The van der Waals surface area contributed by atoms with Crippen LogP contribution >= 0.6 is 0 Å². The Bertz CT molecular complexity index is 217. The van der Waals surface area contributed by atoms with Gasteiger partial charge in [0.2, 0.25) is 0 Å². The first-order valence-corrected chi connectivity index (χ1v) is 5.63. The van der Waals surface area contributed by atoms with E-state index in [9.17, 15) is 17.4 Å². The molecule has 0 aromatic rings. The molecule has 1 rings (SSSR count). The van der Waals surface area contributed by atoms with Crippen molar-refractivity contribution in [1.29, 1.82) is 0 Å². The molecular formula is C8H13F3O2S. The Labute approximate surface area is 83.5 Å². The van der Waals surface area contributed by atoms with Gasteiger partial charge >= 0.3 is 5.51 Å². The van der Waals surface area contributed by atoms with Crippen LogP contribution in [0, 0.1) is 5.92 Å². The van der Waals surface area contributed by atoms with Gasteiger partial charge in [0.25, 0.3) is 11.1 Å². The van der Waals surface area contributed by atoms with E-state index in [1.54, 1.807) is 0 Å². The summed E-state index contributed by atoms with van der Waals surface area (Å²) in [5.41, 5.74) is -4.75. The van der Waals surface area contributed by atoms with Crippen LogP contribution in [0.25, 0.3) is 0 Å². The van der Waals surface area contributed by atoms with E-state index in [0.29, 0.717) is 18.8 Å². The molecule has 0 aromatic carbocycles. The lowest BCUT2D eigenvalue weighted by Crippen LogP contribution is -2.28. The topological polar surface area (TPSA) is 26.3 Å². The first kappa shape index (κ1) is 12.0. The number of hydrogen-bond donors (Lipinski definition) is 0. The van der Waals surface area contributed by atoms with Gasteiger partial charge in [-0.3, -0.25) is 4.18 Å². The standard InChI is InChI=1S/C8H13F3O2S/c1-6-3-2-4-7(5-6)13-14(12)8(9,10)11/h6-7H,2-5H2,1H3/t6-,7+,14?/m1/s1. The van der Waals surface area contributed by atoms with E-state index < -0.39 is 22.7 Å². The Morgan fingerprint density at radius 2 is 2.00 bits per heavy atom. The molecule has 0 aromatic heterocycles. The molecule has 1 aliphatic carbocycles. The second-order valence-corrected chi connectivity index (χ2v) is 4.80. The molecule has 0 aliphatic heterocycles. The molecule has 0 spiro atoms. The van der Waals surface area contributed by atoms with Gasteiger partial charge < -0.3 is 0 Å². The predicted octanol–water partition coefficient (Wildman–Crippen LogP) is 2.77. The predicted molar refractivity (Wildman–Crippen MR) is 46.7 cm³/mol. The van der Waals surface area contributed by atoms with Crippen LogP contribution in [0.2, 0.25) is 0 Å². The second kappa shape index (κ2) is 4.61. The van der Waals surface area contributed by atoms with E-state index in [-0.39, 0.29) is 0 Å². The highest BCUT2D eigenvalue weighted by Gasteiger charge is 2.40. The molecule has 14 heavy (non-hydrogen) atoms. The Balaban J connectivity index is 2.40. The fourth-order valence-corrected chi connectivity index (χ4v) is 2.18. The third kappa shape index (κ3) is 3.57. The number of halogens is 3. The summed E-state index contributed by atoms with van der Waals surface area (Å²) >= 11 is -3.15. The molecule has 0 bridgehead atoms. The Kier molecular flexibility index (Phi) is 3.94. The van der Waals surface area contributed by atoms with Crippen LogP contribution in [-0.4, -0.2) is 15.8 Å². The van der Waals surface area contributed by atoms with E-state index in [4.69, 9.17) is 0 Å². The summed E-state index contributed by atoms with van der Waals surface area (Å²) in [6.07, 6.45) is 2.51. The zero-order valence-electron chi connectivity index (χ0n) is 7.84. The van der Waals surface area contributed by atoms with E-state index in [1.165, 1.54) is 0 Å². The third-order valence-electron chi connectivity index (χ3n) is 2.30. The molecule has 0 saturated heterocycles. The van der Waals surface area contributed by atoms with Gasteiger partial charge in [0.15, 0.2) is 0 Å². The van der Waals surface area contributed by atoms with Gasteiger partial charge in [-0.05, 0) is 18.8 Å². The maximum absolute atomic E-state index is 11.9. The quantitative estimate of drug-likeness (QED) is 0.729. The number of rotatable bonds is 2. The molecule has 1 aliphatic rings. The van der Waals surface area contributed by atoms with E-state index in [0.717, 1.165) is 12.8 Å². The molecule has 0 N–H and O–H groups in total. The van der Waals surface area contributed by atoms with E-state index >= 15 is 0 Å². The average Bonchev–Trinajstić information content (AvgIpc) is 2.02. The normalized spacial score (nSPS) is 31.4. The highest BCUT2D eigenvalue weighted by atomic mass is 32.2. The number of hydrogen-bond acceptors (Lipinski definition) is 2. The summed E-state index contributed by atoms with van der Waals surface area (Å²) in [7, 11) is 0. The van der Waals surface area contributed by atoms with Crippen LogP contribution in [0.15, 0.2) is 0 Å². The van der Waals surface area contributed by atoms with Crippen LogP contribution in [0.1, 0.15) is 32.6 Å². The summed E-state index contributed by atoms with van der Waals surface area (Å²) in [5, 5.41) is 0. The fourth-order valence-electron chi connectivity index (χ4n) is 1.64. The Morgan fingerprint density at radius 1 is 1.36 bits per heavy atom. The van der Waals surface area contributed by atoms with Crippen molar-refractivity contribution in [2.75, 3.05) is 0 Å². The highest BCUT2D eigenvalue weighted by molar-refractivity contribution is 7.81. The summed E-state index contributed by atoms with van der Waals surface area (Å²) in [6.45, 7) is 1.96. The summed E-state index contributed by atoms with van der Waals surface area (Å²) in [6, 6.07) is 0. The summed E-state index contributed by atoms with van der Waals surface area (Å²) < 4.78 is 50.7. The lowest BCUT2D eigenvalue weighted by atomic mass is 9.89. The molecule has 6 heteroatoms. The largest absolute Gasteiger partial charge is 0.497 e. The minimum atomic E-state index is -4.75. The van der Waals surface area contributed by atoms with Crippen molar-refractivity contribution < 1.29 is 21.6 Å². The molecule has 1 saturated carbocycles. The Morgan fingerprint density at radius 3 is 2.50 bits per heavy atom. The van der Waals surface area contributed by atoms with Crippen molar-refractivity contribution in [3.63, 3.8) is 0 Å². The van der Waals surface area contributed by atoms with Crippen LogP contribution in [0.4, 0.5) is 13.2 Å². The molecular weight excluding hydrogens is 217 g/mol. The van der Waals surface area contributed by atoms with Crippen LogP contribution in [0.3, 0.4) is 0 Å². The molecule has 2 nitrogen and oxygen atoms in total. The third-order valence-corrected chi connectivity index (χ3v) is 3.13. The van der Waals surface area contributed by atoms with Crippen molar-refractivity contribution in [3.8, 4) is 0 Å². The van der Waals surface area contributed by atoms with Crippen molar-refractivity contribution >= 4 is 11.1 Å². The molecule has 0 heterocycles. The minimum absolute atomic E-state index is 0.360. The summed E-state index contributed by atoms with van der Waals surface area (Å²) in [5.74, 6) is 0.360. The second-order valence-electron chi connectivity index (χ2n) is 3.67. The van der Waals surface area contributed by atoms with Gasteiger partial charge in [0, 0.05) is 0 Å². The van der Waals surface area contributed by atoms with Gasteiger partial charge in [0.05, 0.1) is 6.10 Å². The van der Waals surface area contributed by atoms with E-state index in [1.807, 2.05) is 6.92 Å². The first-order chi connectivity index (χ1) is 6.39. The van der Waals surface area contributed by atoms with Crippen molar-refractivity contribution in [1.82, 2.24) is 0 Å². The van der Waals surface area contributed by atoms with E-state index in [2.05, 4.69) is 4.18 Å². The molecule has 3 atom stereocenters. The zero-order valence-corrected chi connectivity index (χ0v) is 8.66. The highest BCUT2D eigenvalue weighted by Crippen LogP contribution is 2.29. The maximum Gasteiger partial charge on any atom is 0.497 e. The molecule has 1 unspecified atom stereocenters. The number of alkyl halides is 3. The van der Waals surface area contributed by atoms with Crippen LogP contribution in [0.5, 0.6) is 0 Å². The smallest absolute Gasteiger partial charge is 0.280 e. The monoisotopic (exact) mass is 230 g/mol. The molecule has 0 radical (unpaired) electrons. The average molecular weight is 230 g/mol. The van der Waals surface area contributed by atoms with Gasteiger partial charge in [0.1, 0.15) is 0 Å². The van der Waals surface area contributed by atoms with Crippen LogP contribution < -0.4 is 0 Å². The minimum Gasteiger partial charge on any atom is -0.280 e. The van der Waals surface area contributed by atoms with Crippen LogP contribution in [-0.2, 0) is 15.3 Å². The van der Waals surface area contributed by atoms with Crippen molar-refractivity contribution in [2.24, 2.45) is 5.92 Å². The lowest BCUT2D eigenvalue weighted by molar-refractivity contribution is -0.0514. The molecule has 84 valence electrons. The fraction of sp³-hybridized carbons (Fsp3) is 1.00. The first-order valence-electron chi connectivity index (χ1n) is 4.55. The van der Waals surface area contributed by atoms with Gasteiger partial charge in [-0.25, -0.2) is 4.21 Å². The van der Waals surface area contributed by atoms with Gasteiger partial charge in [-0.2, -0.15) is 13.2 Å². The zero-order chi connectivity index (χ0) is 10.8. The Hall–Kier alpha value is -0.100. The maximum atomic E-state index is 11.9. The lowest BCUT2D eigenvalue weighted by Gasteiger charge is -2.25. The summed E-state index contributed by atoms with van der Waals surface area (Å²) in [4.78, 5) is 0. The van der Waals surface area contributed by atoms with Gasteiger partial charge in [-0.15, -0.1) is 0 Å². The SMILES string of the molecule is C[C@@H]1CCC[C@H](OS(=O)C(F)(F)F)C1. The molecule has 1 fully saturated rings. The molecule has 0 amide bonds. The van der Waals surface area contributed by atoms with Crippen molar-refractivity contribution in [2.45, 2.75) is 44.2 Å². The van der Waals surface area contributed by atoms with Crippen molar-refractivity contribution in [3.05, 3.63) is 0 Å². The van der Waals surface area contributed by atoms with Gasteiger partial charge in [-0.1, -0.05) is 19.8 Å².